The lowest BCUT2D eigenvalue weighted by Crippen LogP contribution is -2.30. The lowest BCUT2D eigenvalue weighted by atomic mass is 10.1. The monoisotopic (exact) mass is 1030 g/mol. The molecule has 0 aromatic rings. The van der Waals surface area contributed by atoms with Gasteiger partial charge < -0.3 is 14.2 Å². The number of allylic oxidation sites excluding steroid dienone is 29. The Hall–Kier alpha value is -5.49. The van der Waals surface area contributed by atoms with E-state index in [1.165, 1.54) is 12.8 Å². The third-order valence-corrected chi connectivity index (χ3v) is 11.4. The topological polar surface area (TPSA) is 78.9 Å². The molecule has 0 radical (unpaired) electrons. The number of carbonyl (C=O) groups excluding carboxylic acids is 3. The Morgan fingerprint density at radius 1 is 0.280 bits per heavy atom. The summed E-state index contributed by atoms with van der Waals surface area (Å²) in [7, 11) is 0. The van der Waals surface area contributed by atoms with Gasteiger partial charge in [0.2, 0.25) is 0 Å². The molecule has 0 heterocycles. The quantitative estimate of drug-likeness (QED) is 0.0261. The van der Waals surface area contributed by atoms with E-state index in [9.17, 15) is 14.4 Å². The number of hydrogen-bond acceptors (Lipinski definition) is 6. The first-order chi connectivity index (χ1) is 37.0. The summed E-state index contributed by atoms with van der Waals surface area (Å²) in [6, 6.07) is 0. The van der Waals surface area contributed by atoms with Gasteiger partial charge in [-0.15, -0.1) is 0 Å². The second-order valence-corrected chi connectivity index (χ2v) is 18.4. The summed E-state index contributed by atoms with van der Waals surface area (Å²) in [6.07, 6.45) is 91.9. The molecule has 0 aromatic heterocycles. The van der Waals surface area contributed by atoms with Gasteiger partial charge in [0.05, 0.1) is 6.42 Å². The molecule has 1 atom stereocenters. The van der Waals surface area contributed by atoms with Crippen LogP contribution in [-0.4, -0.2) is 37.2 Å². The average Bonchev–Trinajstić information content (AvgIpc) is 3.41. The molecule has 0 aliphatic heterocycles. The Balaban J connectivity index is 4.55. The molecule has 0 aliphatic carbocycles. The van der Waals surface area contributed by atoms with E-state index in [1.54, 1.807) is 6.08 Å². The molecule has 1 unspecified atom stereocenters. The fourth-order valence-electron chi connectivity index (χ4n) is 7.16. The van der Waals surface area contributed by atoms with Crippen LogP contribution in [0.3, 0.4) is 0 Å². The zero-order valence-electron chi connectivity index (χ0n) is 47.5. The smallest absolute Gasteiger partial charge is 0.309 e. The van der Waals surface area contributed by atoms with E-state index in [-0.39, 0.29) is 38.0 Å². The number of unbranched alkanes of at least 4 members (excludes halogenated alkanes) is 10. The van der Waals surface area contributed by atoms with Gasteiger partial charge in [0.25, 0.3) is 0 Å². The largest absolute Gasteiger partial charge is 0.462 e. The fourth-order valence-corrected chi connectivity index (χ4v) is 7.16. The van der Waals surface area contributed by atoms with Crippen LogP contribution in [0.4, 0.5) is 0 Å². The molecular weight excluding hydrogens is 925 g/mol. The van der Waals surface area contributed by atoms with E-state index < -0.39 is 12.1 Å². The van der Waals surface area contributed by atoms with Crippen LogP contribution in [0, 0.1) is 0 Å². The normalized spacial score (nSPS) is 13.5. The van der Waals surface area contributed by atoms with Gasteiger partial charge in [-0.25, -0.2) is 0 Å². The maximum absolute atomic E-state index is 12.9. The highest BCUT2D eigenvalue weighted by atomic mass is 16.6. The second kappa shape index (κ2) is 61.1. The molecule has 0 aliphatic rings. The molecule has 6 heteroatoms. The van der Waals surface area contributed by atoms with E-state index in [0.717, 1.165) is 154 Å². The van der Waals surface area contributed by atoms with Crippen LogP contribution in [0.2, 0.25) is 0 Å². The summed E-state index contributed by atoms with van der Waals surface area (Å²) in [6.45, 7) is 6.15. The Bertz CT molecular complexity index is 1800. The molecule has 75 heavy (non-hydrogen) atoms. The standard InChI is InChI=1S/C69H104O6/c1-4-7-10-13-16-19-22-25-28-30-31-32-33-34-35-36-37-39-41-44-47-50-53-56-59-62-68(71)74-65-66(64-73-67(70)61-58-55-52-49-46-43-40-27-24-21-18-15-12-9-6-3)75-69(72)63-60-57-54-51-48-45-42-38-29-26-23-20-17-14-11-8-5-2/h7-12,16-21,25-29,31-32,34-35,37,39-40,42,45-46,49,55,58,66H,4-6,13-15,22-24,30,33,36,38,41,43-44,47-48,50-54,56-57,59-65H2,1-3H3/b10-7-,11-8-,12-9-,19-16-,20-17-,21-18-,28-25-,29-26-,32-31-,35-34-,39-37-,40-27-,45-42-,49-46-,58-55-. The summed E-state index contributed by atoms with van der Waals surface area (Å²) in [4.78, 5) is 38.1. The molecule has 0 N–H and O–H groups in total. The minimum atomic E-state index is -0.849. The summed E-state index contributed by atoms with van der Waals surface area (Å²) in [5.41, 5.74) is 0. The SMILES string of the molecule is CC/C=C\C/C=C\C/C=C\C/C=C\C/C=C\C/C=C\CCCCCCCCC(=O)OCC(COC(=O)C/C=C\C/C=C\C/C=C\C/C=C\C/C=C\CC)OC(=O)CCCCCC/C=C\C/C=C\C/C=C\C/C=C\CC. The van der Waals surface area contributed by atoms with E-state index >= 15 is 0 Å². The molecule has 6 nitrogen and oxygen atoms in total. The zero-order chi connectivity index (χ0) is 54.3. The average molecular weight is 1030 g/mol. The summed E-state index contributed by atoms with van der Waals surface area (Å²) >= 11 is 0. The maximum Gasteiger partial charge on any atom is 0.309 e. The molecule has 0 amide bonds. The van der Waals surface area contributed by atoms with Gasteiger partial charge in [-0.2, -0.15) is 0 Å². The summed E-state index contributed by atoms with van der Waals surface area (Å²) in [5, 5.41) is 0. The molecule has 0 saturated carbocycles. The van der Waals surface area contributed by atoms with E-state index in [1.807, 2.05) is 6.08 Å². The van der Waals surface area contributed by atoms with Gasteiger partial charge in [-0.1, -0.05) is 242 Å². The number of rotatable bonds is 50. The minimum absolute atomic E-state index is 0.109. The van der Waals surface area contributed by atoms with Gasteiger partial charge >= 0.3 is 17.9 Å². The summed E-state index contributed by atoms with van der Waals surface area (Å²) in [5.74, 6) is -1.12. The van der Waals surface area contributed by atoms with E-state index in [2.05, 4.69) is 191 Å². The Morgan fingerprint density at radius 3 is 0.867 bits per heavy atom. The van der Waals surface area contributed by atoms with Crippen LogP contribution < -0.4 is 0 Å². The van der Waals surface area contributed by atoms with Crippen molar-refractivity contribution in [3.05, 3.63) is 182 Å². The molecule has 0 spiro atoms. The lowest BCUT2D eigenvalue weighted by Gasteiger charge is -2.18. The summed E-state index contributed by atoms with van der Waals surface area (Å²) < 4.78 is 16.7. The van der Waals surface area contributed by atoms with Crippen molar-refractivity contribution in [2.45, 2.75) is 219 Å². The highest BCUT2D eigenvalue weighted by Gasteiger charge is 2.19. The fraction of sp³-hybridized carbons (Fsp3) is 0.522. The van der Waals surface area contributed by atoms with Crippen molar-refractivity contribution in [2.75, 3.05) is 13.2 Å². The Morgan fingerprint density at radius 2 is 0.533 bits per heavy atom. The molecule has 0 fully saturated rings. The number of esters is 3. The lowest BCUT2D eigenvalue weighted by molar-refractivity contribution is -0.166. The van der Waals surface area contributed by atoms with Crippen LogP contribution in [0.5, 0.6) is 0 Å². The molecule has 0 bridgehead atoms. The van der Waals surface area contributed by atoms with Crippen molar-refractivity contribution in [1.82, 2.24) is 0 Å². The molecular formula is C69H104O6. The first-order valence-electron chi connectivity index (χ1n) is 29.3. The molecule has 416 valence electrons. The van der Waals surface area contributed by atoms with Gasteiger partial charge in [0.1, 0.15) is 13.2 Å². The first-order valence-corrected chi connectivity index (χ1v) is 29.3. The van der Waals surface area contributed by atoms with Crippen LogP contribution in [-0.2, 0) is 28.6 Å². The predicted octanol–water partition coefficient (Wildman–Crippen LogP) is 20.1. The Kier molecular flexibility index (Phi) is 56.6. The number of carbonyl (C=O) groups is 3. The highest BCUT2D eigenvalue weighted by Crippen LogP contribution is 2.12. The maximum atomic E-state index is 12.9. The zero-order valence-corrected chi connectivity index (χ0v) is 47.5. The first kappa shape index (κ1) is 69.5. The van der Waals surface area contributed by atoms with Crippen LogP contribution in [0.25, 0.3) is 0 Å². The van der Waals surface area contributed by atoms with Gasteiger partial charge in [0.15, 0.2) is 6.10 Å². The van der Waals surface area contributed by atoms with E-state index in [4.69, 9.17) is 14.2 Å². The molecule has 0 saturated heterocycles. The van der Waals surface area contributed by atoms with Crippen molar-refractivity contribution >= 4 is 17.9 Å². The van der Waals surface area contributed by atoms with E-state index in [0.29, 0.717) is 12.8 Å². The third-order valence-electron chi connectivity index (χ3n) is 11.4. The van der Waals surface area contributed by atoms with Crippen molar-refractivity contribution in [3.8, 4) is 0 Å². The number of hydrogen-bond donors (Lipinski definition) is 0. The van der Waals surface area contributed by atoms with Gasteiger partial charge in [-0.05, 0) is 135 Å². The van der Waals surface area contributed by atoms with Crippen molar-refractivity contribution in [1.29, 1.82) is 0 Å². The predicted molar refractivity (Wildman–Crippen MR) is 324 cm³/mol. The van der Waals surface area contributed by atoms with Gasteiger partial charge in [0, 0.05) is 12.8 Å². The molecule has 0 rings (SSSR count). The molecule has 0 aromatic carbocycles. The Labute approximate surface area is 459 Å². The second-order valence-electron chi connectivity index (χ2n) is 18.4. The van der Waals surface area contributed by atoms with Gasteiger partial charge in [-0.3, -0.25) is 14.4 Å². The van der Waals surface area contributed by atoms with Crippen molar-refractivity contribution < 1.29 is 28.6 Å². The van der Waals surface area contributed by atoms with Crippen LogP contribution in [0.1, 0.15) is 213 Å². The third kappa shape index (κ3) is 59.3. The highest BCUT2D eigenvalue weighted by molar-refractivity contribution is 5.72. The van der Waals surface area contributed by atoms with Crippen molar-refractivity contribution in [2.24, 2.45) is 0 Å². The van der Waals surface area contributed by atoms with Crippen LogP contribution >= 0.6 is 0 Å². The number of ether oxygens (including phenoxy) is 3. The van der Waals surface area contributed by atoms with Crippen molar-refractivity contribution in [3.63, 3.8) is 0 Å². The van der Waals surface area contributed by atoms with Crippen LogP contribution in [0.15, 0.2) is 182 Å². The minimum Gasteiger partial charge on any atom is -0.462 e.